The molecule has 4 nitrogen and oxygen atoms in total. The lowest BCUT2D eigenvalue weighted by Crippen LogP contribution is -2.20. The Bertz CT molecular complexity index is 1110. The first kappa shape index (κ1) is 19.5. The van der Waals surface area contributed by atoms with Crippen LogP contribution in [0, 0.1) is 0 Å². The summed E-state index contributed by atoms with van der Waals surface area (Å²) in [6, 6.07) is 31.4. The Morgan fingerprint density at radius 3 is 2.20 bits per heavy atom. The van der Waals surface area contributed by atoms with Crippen molar-refractivity contribution in [1.82, 2.24) is 0 Å². The second-order valence-corrected chi connectivity index (χ2v) is 6.95. The highest BCUT2D eigenvalue weighted by atomic mass is 16.5. The molecule has 0 atom stereocenters. The van der Waals surface area contributed by atoms with Crippen LogP contribution in [0.1, 0.15) is 5.56 Å². The Morgan fingerprint density at radius 1 is 0.700 bits per heavy atom. The lowest BCUT2D eigenvalue weighted by molar-refractivity contribution is -0.118. The predicted molar refractivity (Wildman–Crippen MR) is 120 cm³/mol. The summed E-state index contributed by atoms with van der Waals surface area (Å²) in [6.45, 7) is 0.559. The van der Waals surface area contributed by atoms with Crippen molar-refractivity contribution >= 4 is 22.4 Å². The van der Waals surface area contributed by atoms with E-state index in [9.17, 15) is 4.79 Å². The van der Waals surface area contributed by atoms with Gasteiger partial charge in [-0.2, -0.15) is 0 Å². The monoisotopic (exact) mass is 397 g/mol. The molecule has 0 fully saturated rings. The number of rotatable bonds is 8. The molecule has 0 aliphatic rings. The molecule has 1 N–H and O–H groups in total. The highest BCUT2D eigenvalue weighted by Gasteiger charge is 2.05. The summed E-state index contributed by atoms with van der Waals surface area (Å²) >= 11 is 0. The van der Waals surface area contributed by atoms with Crippen molar-refractivity contribution in [3.8, 4) is 11.5 Å². The van der Waals surface area contributed by atoms with Gasteiger partial charge in [0.2, 0.25) is 0 Å². The first-order valence-electron chi connectivity index (χ1n) is 9.94. The van der Waals surface area contributed by atoms with Gasteiger partial charge in [-0.3, -0.25) is 4.79 Å². The van der Waals surface area contributed by atoms with Gasteiger partial charge in [0, 0.05) is 12.1 Å². The van der Waals surface area contributed by atoms with Crippen molar-refractivity contribution in [2.45, 2.75) is 6.42 Å². The number of amides is 1. The molecule has 4 aromatic rings. The molecule has 1 amide bonds. The van der Waals surface area contributed by atoms with Crippen molar-refractivity contribution in [3.05, 3.63) is 103 Å². The second-order valence-electron chi connectivity index (χ2n) is 6.95. The van der Waals surface area contributed by atoms with Crippen LogP contribution in [0.25, 0.3) is 10.8 Å². The fourth-order valence-electron chi connectivity index (χ4n) is 3.17. The van der Waals surface area contributed by atoms with E-state index in [1.807, 2.05) is 84.9 Å². The van der Waals surface area contributed by atoms with E-state index in [4.69, 9.17) is 9.47 Å². The normalized spacial score (nSPS) is 10.5. The molecule has 0 heterocycles. The Kier molecular flexibility index (Phi) is 6.25. The van der Waals surface area contributed by atoms with Gasteiger partial charge in [-0.1, -0.05) is 60.7 Å². The first-order chi connectivity index (χ1) is 14.8. The topological polar surface area (TPSA) is 47.6 Å². The number of nitrogens with one attached hydrogen (secondary N) is 1. The molecule has 0 unspecified atom stereocenters. The van der Waals surface area contributed by atoms with Crippen LogP contribution in [0.15, 0.2) is 97.1 Å². The molecule has 0 aliphatic heterocycles. The van der Waals surface area contributed by atoms with Crippen LogP contribution in [-0.4, -0.2) is 19.1 Å². The molecule has 0 aliphatic carbocycles. The molecular weight excluding hydrogens is 374 g/mol. The van der Waals surface area contributed by atoms with Crippen LogP contribution in [0.5, 0.6) is 11.5 Å². The minimum absolute atomic E-state index is 0.0479. The van der Waals surface area contributed by atoms with E-state index in [0.717, 1.165) is 22.9 Å². The van der Waals surface area contributed by atoms with Crippen LogP contribution in [0.2, 0.25) is 0 Å². The molecular formula is C26H23NO3. The lowest BCUT2D eigenvalue weighted by atomic mass is 10.1. The lowest BCUT2D eigenvalue weighted by Gasteiger charge is -2.10. The van der Waals surface area contributed by atoms with Gasteiger partial charge in [0.25, 0.3) is 5.91 Å². The van der Waals surface area contributed by atoms with Crippen molar-refractivity contribution in [2.75, 3.05) is 18.5 Å². The van der Waals surface area contributed by atoms with E-state index in [0.29, 0.717) is 18.0 Å². The van der Waals surface area contributed by atoms with Gasteiger partial charge < -0.3 is 14.8 Å². The third-order valence-corrected chi connectivity index (χ3v) is 4.73. The van der Waals surface area contributed by atoms with E-state index in [-0.39, 0.29) is 12.5 Å². The van der Waals surface area contributed by atoms with Crippen LogP contribution in [0.4, 0.5) is 5.69 Å². The highest BCUT2D eigenvalue weighted by Crippen LogP contribution is 2.21. The summed E-state index contributed by atoms with van der Waals surface area (Å²) in [4.78, 5) is 12.2. The van der Waals surface area contributed by atoms with E-state index in [1.165, 1.54) is 5.56 Å². The average molecular weight is 397 g/mol. The van der Waals surface area contributed by atoms with Gasteiger partial charge in [-0.05, 0) is 52.7 Å². The number of hydrogen-bond donors (Lipinski definition) is 1. The number of hydrogen-bond acceptors (Lipinski definition) is 3. The zero-order chi connectivity index (χ0) is 20.6. The van der Waals surface area contributed by atoms with Crippen molar-refractivity contribution in [3.63, 3.8) is 0 Å². The standard InChI is InChI=1S/C26H23NO3/c28-26(19-30-25-13-10-21-8-4-5-9-22(21)18-25)27-23-11-14-24(15-12-23)29-17-16-20-6-2-1-3-7-20/h1-15,18H,16-17,19H2,(H,27,28). The third-order valence-electron chi connectivity index (χ3n) is 4.73. The molecule has 4 aromatic carbocycles. The number of benzene rings is 4. The summed E-state index contributed by atoms with van der Waals surface area (Å²) in [7, 11) is 0. The summed E-state index contributed by atoms with van der Waals surface area (Å²) < 4.78 is 11.4. The molecule has 0 aromatic heterocycles. The fraction of sp³-hybridized carbons (Fsp3) is 0.115. The van der Waals surface area contributed by atoms with E-state index < -0.39 is 0 Å². The quantitative estimate of drug-likeness (QED) is 0.428. The molecule has 4 heteroatoms. The SMILES string of the molecule is O=C(COc1ccc2ccccc2c1)Nc1ccc(OCCc2ccccc2)cc1. The van der Waals surface area contributed by atoms with Crippen molar-refractivity contribution in [2.24, 2.45) is 0 Å². The van der Waals surface area contributed by atoms with Gasteiger partial charge in [0.05, 0.1) is 6.61 Å². The number of fused-ring (bicyclic) bond motifs is 1. The molecule has 0 spiro atoms. The average Bonchev–Trinajstić information content (AvgIpc) is 2.79. The maximum absolute atomic E-state index is 12.2. The van der Waals surface area contributed by atoms with Crippen LogP contribution in [0.3, 0.4) is 0 Å². The van der Waals surface area contributed by atoms with Crippen LogP contribution < -0.4 is 14.8 Å². The Balaban J connectivity index is 1.23. The number of carbonyl (C=O) groups excluding carboxylic acids is 1. The van der Waals surface area contributed by atoms with E-state index >= 15 is 0 Å². The molecule has 0 radical (unpaired) electrons. The maximum atomic E-state index is 12.2. The Morgan fingerprint density at radius 2 is 1.40 bits per heavy atom. The number of ether oxygens (including phenoxy) is 2. The molecule has 0 saturated heterocycles. The van der Waals surface area contributed by atoms with Crippen molar-refractivity contribution in [1.29, 1.82) is 0 Å². The molecule has 0 saturated carbocycles. The first-order valence-corrected chi connectivity index (χ1v) is 9.94. The minimum Gasteiger partial charge on any atom is -0.493 e. The van der Waals surface area contributed by atoms with Gasteiger partial charge in [-0.25, -0.2) is 0 Å². The van der Waals surface area contributed by atoms with E-state index in [1.54, 1.807) is 0 Å². The fourth-order valence-corrected chi connectivity index (χ4v) is 3.17. The number of anilines is 1. The predicted octanol–water partition coefficient (Wildman–Crippen LogP) is 5.48. The Hall–Kier alpha value is -3.79. The summed E-state index contributed by atoms with van der Waals surface area (Å²) in [5, 5.41) is 5.06. The van der Waals surface area contributed by atoms with Gasteiger partial charge in [0.1, 0.15) is 11.5 Å². The molecule has 4 rings (SSSR count). The summed E-state index contributed by atoms with van der Waals surface area (Å²) in [6.07, 6.45) is 0.853. The van der Waals surface area contributed by atoms with Crippen LogP contribution >= 0.6 is 0 Å². The largest absolute Gasteiger partial charge is 0.493 e. The minimum atomic E-state index is -0.207. The van der Waals surface area contributed by atoms with Gasteiger partial charge >= 0.3 is 0 Å². The smallest absolute Gasteiger partial charge is 0.262 e. The zero-order valence-electron chi connectivity index (χ0n) is 16.6. The second kappa shape index (κ2) is 9.61. The zero-order valence-corrected chi connectivity index (χ0v) is 16.6. The van der Waals surface area contributed by atoms with Gasteiger partial charge in [0.15, 0.2) is 6.61 Å². The molecule has 30 heavy (non-hydrogen) atoms. The number of carbonyl (C=O) groups is 1. The molecule has 150 valence electrons. The van der Waals surface area contributed by atoms with Crippen molar-refractivity contribution < 1.29 is 14.3 Å². The summed E-state index contributed by atoms with van der Waals surface area (Å²) in [5.74, 6) is 1.24. The highest BCUT2D eigenvalue weighted by molar-refractivity contribution is 5.92. The maximum Gasteiger partial charge on any atom is 0.262 e. The summed E-state index contributed by atoms with van der Waals surface area (Å²) in [5.41, 5.74) is 1.95. The third kappa shape index (κ3) is 5.39. The van der Waals surface area contributed by atoms with E-state index in [2.05, 4.69) is 17.4 Å². The van der Waals surface area contributed by atoms with Gasteiger partial charge in [-0.15, -0.1) is 0 Å². The van der Waals surface area contributed by atoms with Crippen LogP contribution in [-0.2, 0) is 11.2 Å². The molecule has 0 bridgehead atoms. The Labute approximate surface area is 176 Å².